The number of hydrogen-bond acceptors (Lipinski definition) is 1. The second-order valence-electron chi connectivity index (χ2n) is 2.67. The molecule has 5 heteroatoms. The Hall–Kier alpha value is 2.47. The molecule has 2 nitrogen and oxygen atoms in total. The van der Waals surface area contributed by atoms with Crippen LogP contribution in [0, 0.1) is 5.92 Å². The van der Waals surface area contributed by atoms with Crippen LogP contribution in [0.3, 0.4) is 0 Å². The molecule has 0 amide bonds. The van der Waals surface area contributed by atoms with E-state index >= 15 is 0 Å². The van der Waals surface area contributed by atoms with Crippen LogP contribution in [0.15, 0.2) is 0 Å². The van der Waals surface area contributed by atoms with Crippen LogP contribution in [0.2, 0.25) is 0 Å². The Bertz CT molecular complexity index is 113. The fraction of sp³-hybridized carbons (Fsp3) is 0.857. The molecule has 1 fully saturated rings. The Morgan fingerprint density at radius 3 is 1.67 bits per heavy atom. The molecule has 0 bridgehead atoms. The summed E-state index contributed by atoms with van der Waals surface area (Å²) in [6.07, 6.45) is 5.24. The predicted octanol–water partition coefficient (Wildman–Crippen LogP) is -0.294. The standard InChI is InChI=1S/C7H12O2.3Na.3H/c8-7(9)6-4-2-1-3-5-6;;;;;;/h6H,1-5H2,(H,8,9);;;;;;. The number of carboxylic acid groups (broad SMARTS) is 1. The third-order valence-electron chi connectivity index (χ3n) is 1.95. The number of rotatable bonds is 1. The molecule has 1 rings (SSSR count). The molecule has 0 atom stereocenters. The van der Waals surface area contributed by atoms with Gasteiger partial charge in [-0.05, 0) is 12.8 Å². The van der Waals surface area contributed by atoms with Gasteiger partial charge in [-0.25, -0.2) is 0 Å². The quantitative estimate of drug-likeness (QED) is 0.590. The monoisotopic (exact) mass is 200 g/mol. The zero-order chi connectivity index (χ0) is 6.69. The Balaban J connectivity index is -0.000000270. The van der Waals surface area contributed by atoms with Crippen molar-refractivity contribution in [3.05, 3.63) is 0 Å². The van der Waals surface area contributed by atoms with Gasteiger partial charge in [-0.15, -0.1) is 0 Å². The van der Waals surface area contributed by atoms with Crippen molar-refractivity contribution in [2.75, 3.05) is 0 Å². The van der Waals surface area contributed by atoms with Gasteiger partial charge in [-0.1, -0.05) is 19.3 Å². The molecule has 0 saturated heterocycles. The zero-order valence-corrected chi connectivity index (χ0v) is 5.47. The fourth-order valence-electron chi connectivity index (χ4n) is 1.35. The molecule has 0 heterocycles. The molecule has 0 aromatic rings. The van der Waals surface area contributed by atoms with E-state index in [0.717, 1.165) is 25.7 Å². The van der Waals surface area contributed by atoms with E-state index in [1.807, 2.05) is 0 Å². The van der Waals surface area contributed by atoms with Gasteiger partial charge in [-0.2, -0.15) is 0 Å². The number of hydrogen-bond donors (Lipinski definition) is 1. The van der Waals surface area contributed by atoms with Gasteiger partial charge >= 0.3 is 94.6 Å². The molecule has 0 unspecified atom stereocenters. The molecule has 1 aliphatic rings. The maximum atomic E-state index is 10.4. The molecule has 0 aromatic carbocycles. The Labute approximate surface area is 140 Å². The van der Waals surface area contributed by atoms with Gasteiger partial charge in [0.15, 0.2) is 0 Å². The van der Waals surface area contributed by atoms with Gasteiger partial charge in [0, 0.05) is 0 Å². The molecule has 12 heavy (non-hydrogen) atoms. The molecule has 1 N–H and O–H groups in total. The summed E-state index contributed by atoms with van der Waals surface area (Å²) in [4.78, 5) is 10.4. The van der Waals surface area contributed by atoms with E-state index in [1.54, 1.807) is 0 Å². The van der Waals surface area contributed by atoms with Crippen molar-refractivity contribution in [2.45, 2.75) is 32.1 Å². The van der Waals surface area contributed by atoms with E-state index in [9.17, 15) is 4.79 Å². The van der Waals surface area contributed by atoms with Crippen LogP contribution < -0.4 is 0 Å². The van der Waals surface area contributed by atoms with Crippen LogP contribution in [-0.4, -0.2) is 99.7 Å². The Morgan fingerprint density at radius 2 is 1.42 bits per heavy atom. The summed E-state index contributed by atoms with van der Waals surface area (Å²) in [6, 6.07) is 0. The summed E-state index contributed by atoms with van der Waals surface area (Å²) in [5.41, 5.74) is 0. The minimum absolute atomic E-state index is 0. The number of carboxylic acids is 1. The first-order chi connectivity index (χ1) is 4.30. The molecule has 58 valence electrons. The second-order valence-corrected chi connectivity index (χ2v) is 2.67. The average Bonchev–Trinajstić information content (AvgIpc) is 1.90. The molecule has 0 aliphatic heterocycles. The van der Waals surface area contributed by atoms with E-state index in [-0.39, 0.29) is 94.6 Å². The third-order valence-corrected chi connectivity index (χ3v) is 1.95. The second kappa shape index (κ2) is 11.5. The van der Waals surface area contributed by atoms with Crippen LogP contribution in [0.5, 0.6) is 0 Å². The predicted molar refractivity (Wildman–Crippen MR) is 55.7 cm³/mol. The average molecular weight is 200 g/mol. The normalized spacial score (nSPS) is 16.3. The molecule has 1 saturated carbocycles. The first-order valence-electron chi connectivity index (χ1n) is 3.53. The van der Waals surface area contributed by atoms with Crippen LogP contribution in [0.1, 0.15) is 32.1 Å². The van der Waals surface area contributed by atoms with Crippen LogP contribution in [0.4, 0.5) is 0 Å². The zero-order valence-electron chi connectivity index (χ0n) is 5.47. The van der Waals surface area contributed by atoms with Crippen molar-refractivity contribution >= 4 is 94.6 Å². The van der Waals surface area contributed by atoms with Gasteiger partial charge in [0.25, 0.3) is 0 Å². The van der Waals surface area contributed by atoms with E-state index in [2.05, 4.69) is 0 Å². The molecule has 1 aliphatic carbocycles. The molecule has 0 aromatic heterocycles. The molecular weight excluding hydrogens is 185 g/mol. The van der Waals surface area contributed by atoms with Gasteiger partial charge in [0.05, 0.1) is 5.92 Å². The van der Waals surface area contributed by atoms with Crippen LogP contribution in [0.25, 0.3) is 0 Å². The van der Waals surface area contributed by atoms with Crippen molar-refractivity contribution < 1.29 is 9.90 Å². The first-order valence-corrected chi connectivity index (χ1v) is 3.53. The topological polar surface area (TPSA) is 37.3 Å². The van der Waals surface area contributed by atoms with E-state index < -0.39 is 5.97 Å². The van der Waals surface area contributed by atoms with Gasteiger partial charge in [-0.3, -0.25) is 4.79 Å². The van der Waals surface area contributed by atoms with E-state index in [1.165, 1.54) is 6.42 Å². The van der Waals surface area contributed by atoms with Crippen molar-refractivity contribution in [1.29, 1.82) is 0 Å². The molecular formula is C7H15Na3O2. The molecule has 0 spiro atoms. The minimum atomic E-state index is -0.602. The van der Waals surface area contributed by atoms with Gasteiger partial charge in [0.2, 0.25) is 0 Å². The van der Waals surface area contributed by atoms with Crippen LogP contribution in [-0.2, 0) is 4.79 Å². The van der Waals surface area contributed by atoms with E-state index in [0.29, 0.717) is 0 Å². The SMILES string of the molecule is O=C(O)C1CCCCC1.[NaH].[NaH].[NaH]. The Morgan fingerprint density at radius 1 is 1.00 bits per heavy atom. The van der Waals surface area contributed by atoms with Gasteiger partial charge < -0.3 is 5.11 Å². The van der Waals surface area contributed by atoms with Gasteiger partial charge in [0.1, 0.15) is 0 Å². The van der Waals surface area contributed by atoms with Crippen molar-refractivity contribution in [1.82, 2.24) is 0 Å². The Kier molecular flexibility index (Phi) is 19.2. The van der Waals surface area contributed by atoms with Crippen molar-refractivity contribution in [3.8, 4) is 0 Å². The summed E-state index contributed by atoms with van der Waals surface area (Å²) in [5, 5.41) is 8.54. The van der Waals surface area contributed by atoms with E-state index in [4.69, 9.17) is 5.11 Å². The van der Waals surface area contributed by atoms with Crippen molar-refractivity contribution in [2.24, 2.45) is 5.92 Å². The molecule has 0 radical (unpaired) electrons. The summed E-state index contributed by atoms with van der Waals surface area (Å²) < 4.78 is 0. The summed E-state index contributed by atoms with van der Waals surface area (Å²) in [5.74, 6) is -0.631. The first kappa shape index (κ1) is 20.0. The number of aliphatic carboxylic acids is 1. The number of carbonyl (C=O) groups is 1. The van der Waals surface area contributed by atoms with Crippen LogP contribution >= 0.6 is 0 Å². The summed E-state index contributed by atoms with van der Waals surface area (Å²) >= 11 is 0. The summed E-state index contributed by atoms with van der Waals surface area (Å²) in [6.45, 7) is 0. The maximum absolute atomic E-state index is 10.4. The summed E-state index contributed by atoms with van der Waals surface area (Å²) in [7, 11) is 0. The van der Waals surface area contributed by atoms with Crippen molar-refractivity contribution in [3.63, 3.8) is 0 Å². The third kappa shape index (κ3) is 7.84. The fourth-order valence-corrected chi connectivity index (χ4v) is 1.35.